The molecule has 0 N–H and O–H groups in total. The van der Waals surface area contributed by atoms with Gasteiger partial charge in [-0.2, -0.15) is 0 Å². The number of ether oxygens (including phenoxy) is 3. The Labute approximate surface area is 217 Å². The topological polar surface area (TPSA) is 48.0 Å². The van der Waals surface area contributed by atoms with Gasteiger partial charge in [0.2, 0.25) is 0 Å². The fraction of sp³-hybridized carbons (Fsp3) is 0.710. The molecule has 4 aliphatic rings. The SMILES string of the molecule is CCCCCCCCCCCC(=O)O[C@H]1C=C[C@H]2[C@H]3Cc4ccc(OCC)c5c4[C@@]2(CCN3C)[C@H]1O5. The van der Waals surface area contributed by atoms with Crippen LogP contribution in [0, 0.1) is 5.92 Å². The Bertz CT molecular complexity index is 958. The molecule has 1 aromatic carbocycles. The predicted octanol–water partition coefficient (Wildman–Crippen LogP) is 6.36. The largest absolute Gasteiger partial charge is 0.490 e. The summed E-state index contributed by atoms with van der Waals surface area (Å²) in [6.07, 6.45) is 17.7. The summed E-state index contributed by atoms with van der Waals surface area (Å²) >= 11 is 0. The Morgan fingerprint density at radius 1 is 1.06 bits per heavy atom. The van der Waals surface area contributed by atoms with Crippen molar-refractivity contribution < 1.29 is 19.0 Å². The molecule has 5 nitrogen and oxygen atoms in total. The Balaban J connectivity index is 1.24. The summed E-state index contributed by atoms with van der Waals surface area (Å²) in [6, 6.07) is 4.76. The van der Waals surface area contributed by atoms with Gasteiger partial charge < -0.3 is 19.1 Å². The molecule has 2 aliphatic heterocycles. The number of carbonyl (C=O) groups is 1. The first-order valence-corrected chi connectivity index (χ1v) is 14.6. The third kappa shape index (κ3) is 4.57. The molecule has 5 rings (SSSR count). The second-order valence-electron chi connectivity index (χ2n) is 11.4. The molecule has 1 fully saturated rings. The van der Waals surface area contributed by atoms with Gasteiger partial charge >= 0.3 is 5.97 Å². The van der Waals surface area contributed by atoms with Crippen molar-refractivity contribution in [1.29, 1.82) is 0 Å². The number of carbonyl (C=O) groups excluding carboxylic acids is 1. The lowest BCUT2D eigenvalue weighted by Gasteiger charge is -2.56. The van der Waals surface area contributed by atoms with Crippen molar-refractivity contribution in [2.75, 3.05) is 20.2 Å². The number of esters is 1. The number of hydrogen-bond acceptors (Lipinski definition) is 5. The highest BCUT2D eigenvalue weighted by atomic mass is 16.6. The first-order chi connectivity index (χ1) is 17.6. The standard InChI is InChI=1S/C31H45NO4/c1-4-6-7-8-9-10-11-12-13-14-27(33)35-26-18-16-23-24-21-22-15-17-25(34-5-2)29-28(22)31(23,30(26)36-29)19-20-32(24)3/h15-18,23-24,26,30H,4-14,19-21H2,1-3H3/t23-,24+,26-,30-,31-/m0/s1. The average molecular weight is 496 g/mol. The van der Waals surface area contributed by atoms with Crippen molar-refractivity contribution in [3.05, 3.63) is 35.4 Å². The Morgan fingerprint density at radius 3 is 2.56 bits per heavy atom. The van der Waals surface area contributed by atoms with Crippen LogP contribution in [0.4, 0.5) is 0 Å². The minimum absolute atomic E-state index is 0.0902. The first kappa shape index (κ1) is 25.6. The Morgan fingerprint density at radius 2 is 1.81 bits per heavy atom. The van der Waals surface area contributed by atoms with Gasteiger partial charge in [0, 0.05) is 29.4 Å². The first-order valence-electron chi connectivity index (χ1n) is 14.6. The molecule has 36 heavy (non-hydrogen) atoms. The van der Waals surface area contributed by atoms with Crippen LogP contribution in [0.2, 0.25) is 0 Å². The Kier molecular flexibility index (Phi) is 7.95. The van der Waals surface area contributed by atoms with Crippen molar-refractivity contribution in [3.63, 3.8) is 0 Å². The van der Waals surface area contributed by atoms with Crippen molar-refractivity contribution in [1.82, 2.24) is 4.90 Å². The van der Waals surface area contributed by atoms with Crippen molar-refractivity contribution >= 4 is 5.97 Å². The molecule has 2 aliphatic carbocycles. The van der Waals surface area contributed by atoms with Crippen molar-refractivity contribution in [2.45, 2.75) is 115 Å². The summed E-state index contributed by atoms with van der Waals surface area (Å²) in [5.41, 5.74) is 2.57. The third-order valence-electron chi connectivity index (χ3n) is 9.17. The minimum atomic E-state index is -0.343. The monoisotopic (exact) mass is 495 g/mol. The van der Waals surface area contributed by atoms with Crippen LogP contribution >= 0.6 is 0 Å². The molecule has 0 radical (unpaired) electrons. The van der Waals surface area contributed by atoms with Crippen molar-refractivity contribution in [3.8, 4) is 11.5 Å². The van der Waals surface area contributed by atoms with Gasteiger partial charge in [-0.15, -0.1) is 0 Å². The lowest BCUT2D eigenvalue weighted by Crippen LogP contribution is -2.65. The highest BCUT2D eigenvalue weighted by Gasteiger charge is 2.65. The van der Waals surface area contributed by atoms with Crippen LogP contribution in [-0.2, 0) is 21.4 Å². The van der Waals surface area contributed by atoms with Gasteiger partial charge in [-0.25, -0.2) is 0 Å². The molecule has 0 unspecified atom stereocenters. The highest BCUT2D eigenvalue weighted by Crippen LogP contribution is 2.62. The second kappa shape index (κ2) is 11.2. The quantitative estimate of drug-likeness (QED) is 0.181. The third-order valence-corrected chi connectivity index (χ3v) is 9.17. The van der Waals surface area contributed by atoms with Crippen LogP contribution in [0.25, 0.3) is 0 Å². The molecular weight excluding hydrogens is 450 g/mol. The number of piperidine rings is 1. The molecular formula is C31H45NO4. The summed E-state index contributed by atoms with van der Waals surface area (Å²) in [6.45, 7) is 5.91. The lowest BCUT2D eigenvalue weighted by molar-refractivity contribution is -0.155. The average Bonchev–Trinajstić information content (AvgIpc) is 3.23. The highest BCUT2D eigenvalue weighted by molar-refractivity contribution is 5.70. The number of benzene rings is 1. The van der Waals surface area contributed by atoms with Crippen LogP contribution in [0.5, 0.6) is 11.5 Å². The number of likely N-dealkylation sites (tertiary alicyclic amines) is 1. The van der Waals surface area contributed by atoms with Gasteiger partial charge in [-0.1, -0.05) is 70.4 Å². The van der Waals surface area contributed by atoms with Gasteiger partial charge in [-0.05, 0) is 57.5 Å². The number of likely N-dealkylation sites (N-methyl/N-ethyl adjacent to an activating group) is 1. The van der Waals surface area contributed by atoms with Gasteiger partial charge in [0.1, 0.15) is 6.10 Å². The summed E-state index contributed by atoms with van der Waals surface area (Å²) in [4.78, 5) is 15.4. The molecule has 198 valence electrons. The second-order valence-corrected chi connectivity index (χ2v) is 11.4. The van der Waals surface area contributed by atoms with E-state index in [0.29, 0.717) is 25.0 Å². The Hall–Kier alpha value is -2.01. The van der Waals surface area contributed by atoms with E-state index in [0.717, 1.165) is 43.7 Å². The van der Waals surface area contributed by atoms with E-state index >= 15 is 0 Å². The van der Waals surface area contributed by atoms with E-state index in [1.807, 2.05) is 6.92 Å². The smallest absolute Gasteiger partial charge is 0.306 e. The fourth-order valence-corrected chi connectivity index (χ4v) is 7.37. The molecule has 0 aromatic heterocycles. The maximum atomic E-state index is 12.9. The summed E-state index contributed by atoms with van der Waals surface area (Å²) in [7, 11) is 2.24. The van der Waals surface area contributed by atoms with Crippen LogP contribution in [-0.4, -0.2) is 49.3 Å². The maximum Gasteiger partial charge on any atom is 0.306 e. The van der Waals surface area contributed by atoms with Crippen LogP contribution in [0.3, 0.4) is 0 Å². The van der Waals surface area contributed by atoms with Crippen LogP contribution in [0.15, 0.2) is 24.3 Å². The molecule has 2 bridgehead atoms. The molecule has 2 heterocycles. The number of nitrogens with zero attached hydrogens (tertiary/aromatic N) is 1. The van der Waals surface area contributed by atoms with E-state index in [1.165, 1.54) is 56.1 Å². The lowest BCUT2D eigenvalue weighted by atomic mass is 9.53. The molecule has 5 heteroatoms. The maximum absolute atomic E-state index is 12.9. The van der Waals surface area contributed by atoms with Crippen LogP contribution in [0.1, 0.15) is 95.6 Å². The zero-order chi connectivity index (χ0) is 25.1. The molecule has 1 saturated heterocycles. The van der Waals surface area contributed by atoms with Crippen LogP contribution < -0.4 is 9.47 Å². The number of unbranched alkanes of at least 4 members (excludes halogenated alkanes) is 8. The minimum Gasteiger partial charge on any atom is -0.490 e. The number of rotatable bonds is 13. The number of hydrogen-bond donors (Lipinski definition) is 0. The zero-order valence-corrected chi connectivity index (χ0v) is 22.6. The van der Waals surface area contributed by atoms with Gasteiger partial charge in [0.15, 0.2) is 17.6 Å². The molecule has 0 amide bonds. The zero-order valence-electron chi connectivity index (χ0n) is 22.6. The normalized spacial score (nSPS) is 29.5. The molecule has 1 aromatic rings. The van der Waals surface area contributed by atoms with E-state index in [9.17, 15) is 4.79 Å². The predicted molar refractivity (Wildman–Crippen MR) is 143 cm³/mol. The van der Waals surface area contributed by atoms with Crippen molar-refractivity contribution in [2.24, 2.45) is 5.92 Å². The summed E-state index contributed by atoms with van der Waals surface area (Å²) in [5, 5.41) is 0. The molecule has 1 spiro atoms. The van der Waals surface area contributed by atoms with Gasteiger partial charge in [0.05, 0.1) is 6.61 Å². The van der Waals surface area contributed by atoms with Gasteiger partial charge in [0.25, 0.3) is 0 Å². The van der Waals surface area contributed by atoms with E-state index < -0.39 is 0 Å². The van der Waals surface area contributed by atoms with Gasteiger partial charge in [-0.3, -0.25) is 4.79 Å². The summed E-state index contributed by atoms with van der Waals surface area (Å²) < 4.78 is 18.9. The van der Waals surface area contributed by atoms with E-state index in [-0.39, 0.29) is 23.6 Å². The van der Waals surface area contributed by atoms with E-state index in [1.54, 1.807) is 0 Å². The molecule has 0 saturated carbocycles. The summed E-state index contributed by atoms with van der Waals surface area (Å²) in [5.74, 6) is 2.01. The molecule has 5 atom stereocenters. The fourth-order valence-electron chi connectivity index (χ4n) is 7.37. The van der Waals surface area contributed by atoms with E-state index in [4.69, 9.17) is 14.2 Å². The van der Waals surface area contributed by atoms with E-state index in [2.05, 4.69) is 43.2 Å².